The lowest BCUT2D eigenvalue weighted by molar-refractivity contribution is 0.150. The third kappa shape index (κ3) is 1.78. The lowest BCUT2D eigenvalue weighted by Gasteiger charge is -2.07. The van der Waals surface area contributed by atoms with Crippen LogP contribution in [0.1, 0.15) is 23.2 Å². The zero-order valence-corrected chi connectivity index (χ0v) is 7.04. The van der Waals surface area contributed by atoms with Crippen LogP contribution >= 0.6 is 0 Å². The number of halogens is 2. The molecule has 74 valence electrons. The first kappa shape index (κ1) is 10.3. The van der Waals surface area contributed by atoms with E-state index in [0.29, 0.717) is 0 Å². The fourth-order valence-electron chi connectivity index (χ4n) is 1.06. The summed E-state index contributed by atoms with van der Waals surface area (Å²) in [7, 11) is 0. The third-order valence-electron chi connectivity index (χ3n) is 1.64. The Bertz CT molecular complexity index is 387. The molecule has 0 unspecified atom stereocenters. The van der Waals surface area contributed by atoms with Gasteiger partial charge in [-0.05, 0) is 6.07 Å². The van der Waals surface area contributed by atoms with E-state index >= 15 is 0 Å². The molecule has 0 spiro atoms. The SMILES string of the molecule is N#Cc1c(C(F)F)cc(N)nc1CO. The van der Waals surface area contributed by atoms with Crippen LogP contribution in [-0.4, -0.2) is 10.1 Å². The van der Waals surface area contributed by atoms with Crippen molar-refractivity contribution in [2.24, 2.45) is 0 Å². The number of aliphatic hydroxyl groups excluding tert-OH is 1. The van der Waals surface area contributed by atoms with Crippen LogP contribution in [0.3, 0.4) is 0 Å². The molecule has 1 aromatic rings. The summed E-state index contributed by atoms with van der Waals surface area (Å²) in [6.45, 7) is -0.590. The van der Waals surface area contributed by atoms with Gasteiger partial charge in [0.15, 0.2) is 0 Å². The van der Waals surface area contributed by atoms with Gasteiger partial charge >= 0.3 is 0 Å². The van der Waals surface area contributed by atoms with Crippen molar-refractivity contribution >= 4 is 5.82 Å². The van der Waals surface area contributed by atoms with Crippen molar-refractivity contribution in [1.82, 2.24) is 4.98 Å². The topological polar surface area (TPSA) is 82.9 Å². The summed E-state index contributed by atoms with van der Waals surface area (Å²) in [6, 6.07) is 2.50. The zero-order valence-electron chi connectivity index (χ0n) is 7.04. The van der Waals surface area contributed by atoms with E-state index in [0.717, 1.165) is 6.07 Å². The second-order valence-corrected chi connectivity index (χ2v) is 2.53. The highest BCUT2D eigenvalue weighted by Crippen LogP contribution is 2.25. The van der Waals surface area contributed by atoms with Crippen molar-refractivity contribution in [3.63, 3.8) is 0 Å². The Morgan fingerprint density at radius 2 is 2.29 bits per heavy atom. The number of rotatable bonds is 2. The second-order valence-electron chi connectivity index (χ2n) is 2.53. The molecule has 6 heteroatoms. The quantitative estimate of drug-likeness (QED) is 0.743. The van der Waals surface area contributed by atoms with Crippen molar-refractivity contribution in [3.8, 4) is 6.07 Å². The van der Waals surface area contributed by atoms with Crippen LogP contribution in [0.25, 0.3) is 0 Å². The molecule has 0 aromatic carbocycles. The van der Waals surface area contributed by atoms with Crippen molar-refractivity contribution in [3.05, 3.63) is 22.9 Å². The molecule has 0 atom stereocenters. The Balaban J connectivity index is 3.41. The summed E-state index contributed by atoms with van der Waals surface area (Å²) in [6.07, 6.45) is -2.81. The molecule has 0 fully saturated rings. The maximum atomic E-state index is 12.4. The van der Waals surface area contributed by atoms with Gasteiger partial charge in [0.2, 0.25) is 0 Å². The van der Waals surface area contributed by atoms with Crippen molar-refractivity contribution in [2.75, 3.05) is 5.73 Å². The number of aliphatic hydroxyl groups is 1. The van der Waals surface area contributed by atoms with E-state index in [4.69, 9.17) is 16.1 Å². The summed E-state index contributed by atoms with van der Waals surface area (Å²) in [5.41, 5.74) is 4.30. The Labute approximate surface area is 78.6 Å². The molecule has 0 bridgehead atoms. The summed E-state index contributed by atoms with van der Waals surface area (Å²) in [5.74, 6) is -0.136. The molecule has 0 aliphatic heterocycles. The fraction of sp³-hybridized carbons (Fsp3) is 0.250. The van der Waals surface area contributed by atoms with Gasteiger partial charge in [0, 0.05) is 5.56 Å². The van der Waals surface area contributed by atoms with Gasteiger partial charge in [0.05, 0.1) is 17.9 Å². The minimum atomic E-state index is -2.81. The number of hydrogen-bond acceptors (Lipinski definition) is 4. The first-order valence-electron chi connectivity index (χ1n) is 3.68. The molecule has 0 saturated heterocycles. The van der Waals surface area contributed by atoms with E-state index < -0.39 is 18.6 Å². The Morgan fingerprint density at radius 1 is 1.64 bits per heavy atom. The van der Waals surface area contributed by atoms with E-state index in [9.17, 15) is 8.78 Å². The van der Waals surface area contributed by atoms with E-state index in [1.165, 1.54) is 0 Å². The molecule has 0 aliphatic rings. The molecular formula is C8H7F2N3O. The Morgan fingerprint density at radius 3 is 2.71 bits per heavy atom. The molecule has 1 heterocycles. The highest BCUT2D eigenvalue weighted by atomic mass is 19.3. The number of hydrogen-bond donors (Lipinski definition) is 2. The first-order valence-corrected chi connectivity index (χ1v) is 3.68. The van der Waals surface area contributed by atoms with E-state index in [1.807, 2.05) is 0 Å². The maximum Gasteiger partial charge on any atom is 0.265 e. The monoisotopic (exact) mass is 199 g/mol. The van der Waals surface area contributed by atoms with Crippen LogP contribution in [0, 0.1) is 11.3 Å². The Kier molecular flexibility index (Phi) is 2.94. The molecule has 1 rings (SSSR count). The standard InChI is InChI=1S/C8H7F2N3O/c9-8(10)4-1-7(12)13-6(3-14)5(4)2-11/h1,8,14H,3H2,(H2,12,13). The summed E-state index contributed by atoms with van der Waals surface area (Å²) in [5, 5.41) is 17.4. The molecule has 0 radical (unpaired) electrons. The molecule has 0 aliphatic carbocycles. The number of nitrogens with zero attached hydrogens (tertiary/aromatic N) is 2. The molecule has 0 saturated carbocycles. The van der Waals surface area contributed by atoms with E-state index in [-0.39, 0.29) is 17.1 Å². The smallest absolute Gasteiger partial charge is 0.265 e. The third-order valence-corrected chi connectivity index (χ3v) is 1.64. The lowest BCUT2D eigenvalue weighted by Crippen LogP contribution is -2.04. The number of nitriles is 1. The lowest BCUT2D eigenvalue weighted by atomic mass is 10.1. The van der Waals surface area contributed by atoms with E-state index in [1.54, 1.807) is 6.07 Å². The minimum Gasteiger partial charge on any atom is -0.390 e. The molecule has 14 heavy (non-hydrogen) atoms. The Hall–Kier alpha value is -1.74. The zero-order chi connectivity index (χ0) is 10.7. The highest BCUT2D eigenvalue weighted by molar-refractivity contribution is 5.48. The van der Waals surface area contributed by atoms with Gasteiger partial charge in [-0.25, -0.2) is 13.8 Å². The number of nitrogen functional groups attached to an aromatic ring is 1. The van der Waals surface area contributed by atoms with Crippen LogP contribution in [0.2, 0.25) is 0 Å². The normalized spacial score (nSPS) is 10.2. The van der Waals surface area contributed by atoms with Crippen LogP contribution in [0.15, 0.2) is 6.07 Å². The van der Waals surface area contributed by atoms with Crippen LogP contribution in [-0.2, 0) is 6.61 Å². The van der Waals surface area contributed by atoms with Gasteiger partial charge in [-0.2, -0.15) is 5.26 Å². The first-order chi connectivity index (χ1) is 6.60. The van der Waals surface area contributed by atoms with Gasteiger partial charge in [0.1, 0.15) is 11.9 Å². The average molecular weight is 199 g/mol. The van der Waals surface area contributed by atoms with Crippen LogP contribution in [0.4, 0.5) is 14.6 Å². The van der Waals surface area contributed by atoms with Gasteiger partial charge in [-0.15, -0.1) is 0 Å². The van der Waals surface area contributed by atoms with E-state index in [2.05, 4.69) is 4.98 Å². The number of pyridine rings is 1. The van der Waals surface area contributed by atoms with Gasteiger partial charge in [0.25, 0.3) is 6.43 Å². The number of alkyl halides is 2. The summed E-state index contributed by atoms with van der Waals surface area (Å²) in [4.78, 5) is 3.58. The summed E-state index contributed by atoms with van der Waals surface area (Å²) >= 11 is 0. The second kappa shape index (κ2) is 3.98. The summed E-state index contributed by atoms with van der Waals surface area (Å²) < 4.78 is 24.8. The number of anilines is 1. The molecule has 1 aromatic heterocycles. The predicted octanol–water partition coefficient (Wildman–Crippen LogP) is 0.965. The largest absolute Gasteiger partial charge is 0.390 e. The van der Waals surface area contributed by atoms with Gasteiger partial charge < -0.3 is 10.8 Å². The van der Waals surface area contributed by atoms with Crippen molar-refractivity contribution in [2.45, 2.75) is 13.0 Å². The predicted molar refractivity (Wildman–Crippen MR) is 44.2 cm³/mol. The number of aromatic nitrogens is 1. The van der Waals surface area contributed by atoms with Crippen LogP contribution in [0.5, 0.6) is 0 Å². The van der Waals surface area contributed by atoms with Crippen molar-refractivity contribution in [1.29, 1.82) is 5.26 Å². The minimum absolute atomic E-state index is 0.122. The van der Waals surface area contributed by atoms with Crippen molar-refractivity contribution < 1.29 is 13.9 Å². The number of nitrogens with two attached hydrogens (primary N) is 1. The average Bonchev–Trinajstić information content (AvgIpc) is 2.16. The van der Waals surface area contributed by atoms with Crippen LogP contribution < -0.4 is 5.73 Å². The molecule has 3 N–H and O–H groups in total. The highest BCUT2D eigenvalue weighted by Gasteiger charge is 2.17. The maximum absolute atomic E-state index is 12.4. The fourth-order valence-corrected chi connectivity index (χ4v) is 1.06. The van der Waals surface area contributed by atoms with Gasteiger partial charge in [-0.3, -0.25) is 0 Å². The van der Waals surface area contributed by atoms with Gasteiger partial charge in [-0.1, -0.05) is 0 Å². The molecule has 4 nitrogen and oxygen atoms in total. The molecular weight excluding hydrogens is 192 g/mol. The molecule has 0 amide bonds.